The topological polar surface area (TPSA) is 41.6 Å². The fourth-order valence-electron chi connectivity index (χ4n) is 4.45. The lowest BCUT2D eigenvalue weighted by molar-refractivity contribution is 0.159. The maximum Gasteiger partial charge on any atom is 0.412 e. The maximum absolute atomic E-state index is 12.4. The van der Waals surface area contributed by atoms with E-state index < -0.39 is 0 Å². The molecular weight excluding hydrogens is 348 g/mol. The molecule has 1 aromatic rings. The third kappa shape index (κ3) is 6.80. The third-order valence-corrected chi connectivity index (χ3v) is 6.46. The zero-order valence-corrected chi connectivity index (χ0v) is 18.6. The van der Waals surface area contributed by atoms with E-state index in [4.69, 9.17) is 4.74 Å². The first kappa shape index (κ1) is 22.7. The second kappa shape index (κ2) is 10.8. The Morgan fingerprint density at radius 3 is 2.54 bits per heavy atom. The Morgan fingerprint density at radius 2 is 1.93 bits per heavy atom. The van der Waals surface area contributed by atoms with Crippen molar-refractivity contribution in [2.24, 2.45) is 11.3 Å². The van der Waals surface area contributed by atoms with Crippen LogP contribution in [0.2, 0.25) is 0 Å². The van der Waals surface area contributed by atoms with Crippen LogP contribution in [-0.4, -0.2) is 38.2 Å². The highest BCUT2D eigenvalue weighted by Gasteiger charge is 2.30. The highest BCUT2D eigenvalue weighted by atomic mass is 16.6. The molecular formula is C24H40N2O2. The van der Waals surface area contributed by atoms with Gasteiger partial charge >= 0.3 is 6.09 Å². The van der Waals surface area contributed by atoms with Crippen LogP contribution in [0.25, 0.3) is 0 Å². The molecule has 1 aromatic carbocycles. The number of rotatable bonds is 9. The molecule has 1 saturated carbocycles. The van der Waals surface area contributed by atoms with Crippen LogP contribution < -0.4 is 10.1 Å². The van der Waals surface area contributed by atoms with Gasteiger partial charge in [-0.05, 0) is 81.3 Å². The van der Waals surface area contributed by atoms with Gasteiger partial charge in [-0.2, -0.15) is 0 Å². The van der Waals surface area contributed by atoms with Crippen molar-refractivity contribution in [3.63, 3.8) is 0 Å². The van der Waals surface area contributed by atoms with Gasteiger partial charge in [-0.15, -0.1) is 0 Å². The van der Waals surface area contributed by atoms with E-state index in [-0.39, 0.29) is 11.5 Å². The molecule has 4 heteroatoms. The molecule has 4 nitrogen and oxygen atoms in total. The Balaban J connectivity index is 1.96. The van der Waals surface area contributed by atoms with Crippen molar-refractivity contribution in [3.8, 4) is 5.75 Å². The van der Waals surface area contributed by atoms with E-state index in [0.717, 1.165) is 25.9 Å². The Labute approximate surface area is 172 Å². The Kier molecular flexibility index (Phi) is 8.81. The smallest absolute Gasteiger partial charge is 0.410 e. The van der Waals surface area contributed by atoms with Gasteiger partial charge in [-0.3, -0.25) is 0 Å². The molecule has 1 fully saturated rings. The van der Waals surface area contributed by atoms with Crippen LogP contribution in [0.4, 0.5) is 4.79 Å². The van der Waals surface area contributed by atoms with Crippen LogP contribution in [0.3, 0.4) is 0 Å². The summed E-state index contributed by atoms with van der Waals surface area (Å²) in [7, 11) is 4.22. The van der Waals surface area contributed by atoms with E-state index >= 15 is 0 Å². The Bertz CT molecular complexity index is 606. The second-order valence-corrected chi connectivity index (χ2v) is 9.17. The normalized spacial score (nSPS) is 17.5. The van der Waals surface area contributed by atoms with Gasteiger partial charge in [0.25, 0.3) is 0 Å². The highest BCUT2D eigenvalue weighted by molar-refractivity contribution is 5.70. The van der Waals surface area contributed by atoms with Gasteiger partial charge in [-0.1, -0.05) is 52.2 Å². The summed E-state index contributed by atoms with van der Waals surface area (Å²) in [5.41, 5.74) is 1.51. The number of carbonyl (C=O) groups is 1. The molecule has 1 N–H and O–H groups in total. The molecule has 1 amide bonds. The van der Waals surface area contributed by atoms with Crippen molar-refractivity contribution in [1.29, 1.82) is 0 Å². The zero-order chi connectivity index (χ0) is 20.6. The molecule has 0 aromatic heterocycles. The Hall–Kier alpha value is -1.55. The van der Waals surface area contributed by atoms with Crippen molar-refractivity contribution < 1.29 is 9.53 Å². The second-order valence-electron chi connectivity index (χ2n) is 9.17. The van der Waals surface area contributed by atoms with Gasteiger partial charge in [0.15, 0.2) is 0 Å². The number of ether oxygens (including phenoxy) is 1. The molecule has 158 valence electrons. The number of carbonyl (C=O) groups excluding carboxylic acids is 1. The van der Waals surface area contributed by atoms with E-state index in [1.807, 2.05) is 18.2 Å². The van der Waals surface area contributed by atoms with Crippen LogP contribution >= 0.6 is 0 Å². The summed E-state index contributed by atoms with van der Waals surface area (Å²) in [4.78, 5) is 14.6. The van der Waals surface area contributed by atoms with Crippen molar-refractivity contribution in [2.45, 2.75) is 71.6 Å². The number of hydrogen-bond acceptors (Lipinski definition) is 3. The van der Waals surface area contributed by atoms with E-state index in [1.54, 1.807) is 0 Å². The van der Waals surface area contributed by atoms with Crippen molar-refractivity contribution in [1.82, 2.24) is 10.2 Å². The summed E-state index contributed by atoms with van der Waals surface area (Å²) < 4.78 is 5.63. The quantitative estimate of drug-likeness (QED) is 0.579. The summed E-state index contributed by atoms with van der Waals surface area (Å²) in [6.07, 6.45) is 8.17. The highest BCUT2D eigenvalue weighted by Crippen LogP contribution is 2.38. The van der Waals surface area contributed by atoms with E-state index in [2.05, 4.69) is 51.1 Å². The molecule has 2 rings (SSSR count). The standard InChI is InChI=1S/C24H40N2O2/c1-6-24(14-8-7-9-15-24)18-25-23(27)28-21-12-10-11-20(17-21)22(19(2)3)13-16-26(4)5/h10-12,17,19,22H,6-9,13-16,18H2,1-5H3,(H,25,27)/t22-/m0/s1. The summed E-state index contributed by atoms with van der Waals surface area (Å²) >= 11 is 0. The molecule has 1 atom stereocenters. The summed E-state index contributed by atoms with van der Waals surface area (Å²) in [6.45, 7) is 8.53. The zero-order valence-electron chi connectivity index (χ0n) is 18.6. The number of amides is 1. The average molecular weight is 389 g/mol. The van der Waals surface area contributed by atoms with Gasteiger partial charge in [0, 0.05) is 6.54 Å². The van der Waals surface area contributed by atoms with E-state index in [9.17, 15) is 4.79 Å². The van der Waals surface area contributed by atoms with Crippen molar-refractivity contribution in [2.75, 3.05) is 27.2 Å². The maximum atomic E-state index is 12.4. The fraction of sp³-hybridized carbons (Fsp3) is 0.708. The van der Waals surface area contributed by atoms with Gasteiger partial charge in [0.2, 0.25) is 0 Å². The Morgan fingerprint density at radius 1 is 1.21 bits per heavy atom. The molecule has 0 heterocycles. The SMILES string of the molecule is CCC1(CNC(=O)Oc2cccc([C@@H](CCN(C)C)C(C)C)c2)CCCCC1. The number of hydrogen-bond donors (Lipinski definition) is 1. The first-order valence-corrected chi connectivity index (χ1v) is 11.1. The monoisotopic (exact) mass is 388 g/mol. The lowest BCUT2D eigenvalue weighted by Gasteiger charge is -2.36. The van der Waals surface area contributed by atoms with E-state index in [0.29, 0.717) is 17.6 Å². The fourth-order valence-corrected chi connectivity index (χ4v) is 4.45. The lowest BCUT2D eigenvalue weighted by atomic mass is 9.72. The minimum atomic E-state index is -0.329. The molecule has 1 aliphatic rings. The largest absolute Gasteiger partial charge is 0.412 e. The van der Waals surface area contributed by atoms with E-state index in [1.165, 1.54) is 37.7 Å². The van der Waals surface area contributed by atoms with Crippen LogP contribution in [0.1, 0.15) is 77.2 Å². The predicted molar refractivity (Wildman–Crippen MR) is 117 cm³/mol. The summed E-state index contributed by atoms with van der Waals surface area (Å²) in [5.74, 6) is 1.64. The van der Waals surface area contributed by atoms with Crippen molar-refractivity contribution >= 4 is 6.09 Å². The number of nitrogens with zero attached hydrogens (tertiary/aromatic N) is 1. The van der Waals surface area contributed by atoms with Gasteiger partial charge in [0.1, 0.15) is 5.75 Å². The molecule has 0 unspecified atom stereocenters. The average Bonchev–Trinajstić information content (AvgIpc) is 2.67. The molecule has 0 spiro atoms. The number of nitrogens with one attached hydrogen (secondary N) is 1. The summed E-state index contributed by atoms with van der Waals surface area (Å²) in [5, 5.41) is 3.04. The number of benzene rings is 1. The first-order valence-electron chi connectivity index (χ1n) is 11.1. The molecule has 0 aliphatic heterocycles. The molecule has 1 aliphatic carbocycles. The van der Waals surface area contributed by atoms with Crippen LogP contribution in [-0.2, 0) is 0 Å². The molecule has 0 saturated heterocycles. The minimum Gasteiger partial charge on any atom is -0.410 e. The van der Waals surface area contributed by atoms with Crippen LogP contribution in [0.15, 0.2) is 24.3 Å². The van der Waals surface area contributed by atoms with Crippen LogP contribution in [0, 0.1) is 11.3 Å². The first-order chi connectivity index (χ1) is 13.3. The third-order valence-electron chi connectivity index (χ3n) is 6.46. The minimum absolute atomic E-state index is 0.258. The molecule has 28 heavy (non-hydrogen) atoms. The van der Waals surface area contributed by atoms with Gasteiger partial charge in [0.05, 0.1) is 0 Å². The molecule has 0 bridgehead atoms. The van der Waals surface area contributed by atoms with Gasteiger partial charge in [-0.25, -0.2) is 4.79 Å². The lowest BCUT2D eigenvalue weighted by Crippen LogP contribution is -2.39. The van der Waals surface area contributed by atoms with Gasteiger partial charge < -0.3 is 15.0 Å². The van der Waals surface area contributed by atoms with Crippen molar-refractivity contribution in [3.05, 3.63) is 29.8 Å². The molecule has 0 radical (unpaired) electrons. The summed E-state index contributed by atoms with van der Waals surface area (Å²) in [6, 6.07) is 8.07. The predicted octanol–water partition coefficient (Wildman–Crippen LogP) is 5.83. The van der Waals surface area contributed by atoms with Crippen LogP contribution in [0.5, 0.6) is 5.75 Å².